The van der Waals surface area contributed by atoms with Crippen LogP contribution in [0.2, 0.25) is 0 Å². The molecule has 2 saturated carbocycles. The summed E-state index contributed by atoms with van der Waals surface area (Å²) in [5.74, 6) is 0.850. The van der Waals surface area contributed by atoms with E-state index < -0.39 is 5.79 Å². The molecule has 0 aromatic rings. The van der Waals surface area contributed by atoms with Crippen LogP contribution in [0.5, 0.6) is 0 Å². The van der Waals surface area contributed by atoms with E-state index in [4.69, 9.17) is 9.47 Å². The Kier molecular flexibility index (Phi) is 4.24. The Morgan fingerprint density at radius 1 is 1.00 bits per heavy atom. The highest BCUT2D eigenvalue weighted by atomic mass is 16.7. The molecule has 1 N–H and O–H groups in total. The molecule has 148 valence electrons. The minimum atomic E-state index is -0.448. The molecule has 3 fully saturated rings. The Balaban J connectivity index is 1.61. The second kappa shape index (κ2) is 5.81. The zero-order chi connectivity index (χ0) is 19.0. The van der Waals surface area contributed by atoms with Crippen molar-refractivity contribution in [2.75, 3.05) is 6.61 Å². The van der Waals surface area contributed by atoms with Crippen LogP contribution in [0.4, 0.5) is 0 Å². The molecule has 6 unspecified atom stereocenters. The van der Waals surface area contributed by atoms with E-state index in [0.717, 1.165) is 12.8 Å². The van der Waals surface area contributed by atoms with Gasteiger partial charge in [0.2, 0.25) is 0 Å². The third kappa shape index (κ3) is 2.72. The second-order valence-corrected chi connectivity index (χ2v) is 11.1. The molecule has 0 radical (unpaired) electrons. The van der Waals surface area contributed by atoms with Crippen molar-refractivity contribution >= 4 is 0 Å². The molecule has 1 heterocycles. The van der Waals surface area contributed by atoms with Gasteiger partial charge >= 0.3 is 0 Å². The summed E-state index contributed by atoms with van der Waals surface area (Å²) in [5.41, 5.74) is 2.12. The van der Waals surface area contributed by atoms with Crippen LogP contribution in [0.1, 0.15) is 80.1 Å². The molecule has 1 aliphatic heterocycles. The van der Waals surface area contributed by atoms with E-state index in [1.165, 1.54) is 25.7 Å². The quantitative estimate of drug-likeness (QED) is 0.661. The number of rotatable bonds is 1. The second-order valence-electron chi connectivity index (χ2n) is 11.1. The summed E-state index contributed by atoms with van der Waals surface area (Å²) in [7, 11) is 0. The van der Waals surface area contributed by atoms with E-state index in [2.05, 4.69) is 33.8 Å². The summed E-state index contributed by atoms with van der Waals surface area (Å²) >= 11 is 0. The maximum absolute atomic E-state index is 10.6. The van der Waals surface area contributed by atoms with Crippen LogP contribution in [0.15, 0.2) is 11.6 Å². The number of fused-ring (bicyclic) bond motifs is 3. The normalized spacial score (nSPS) is 49.9. The monoisotopic (exact) mass is 362 g/mol. The first-order valence-corrected chi connectivity index (χ1v) is 10.7. The van der Waals surface area contributed by atoms with Gasteiger partial charge in [0.1, 0.15) is 0 Å². The summed E-state index contributed by atoms with van der Waals surface area (Å²) in [6.07, 6.45) is 9.55. The van der Waals surface area contributed by atoms with Crippen molar-refractivity contribution in [1.29, 1.82) is 0 Å². The van der Waals surface area contributed by atoms with Gasteiger partial charge in [-0.05, 0) is 75.0 Å². The predicted molar refractivity (Wildman–Crippen MR) is 104 cm³/mol. The molecule has 26 heavy (non-hydrogen) atoms. The molecule has 4 aliphatic rings. The van der Waals surface area contributed by atoms with E-state index in [1.54, 1.807) is 5.57 Å². The topological polar surface area (TPSA) is 38.7 Å². The van der Waals surface area contributed by atoms with Gasteiger partial charge in [-0.2, -0.15) is 0 Å². The average Bonchev–Trinajstić information content (AvgIpc) is 2.92. The maximum atomic E-state index is 10.6. The molecule has 6 atom stereocenters. The van der Waals surface area contributed by atoms with Gasteiger partial charge in [-0.1, -0.05) is 39.3 Å². The molecule has 3 heteroatoms. The number of allylic oxidation sites excluding steroid dienone is 1. The Labute approximate surface area is 159 Å². The lowest BCUT2D eigenvalue weighted by molar-refractivity contribution is -0.153. The Bertz CT molecular complexity index is 607. The van der Waals surface area contributed by atoms with Crippen molar-refractivity contribution in [3.05, 3.63) is 11.6 Å². The van der Waals surface area contributed by atoms with Crippen molar-refractivity contribution in [2.24, 2.45) is 28.1 Å². The Hall–Kier alpha value is -0.380. The van der Waals surface area contributed by atoms with Crippen LogP contribution < -0.4 is 0 Å². The summed E-state index contributed by atoms with van der Waals surface area (Å²) in [6, 6.07) is 0. The summed E-state index contributed by atoms with van der Waals surface area (Å²) < 4.78 is 12.1. The molecule has 0 aromatic carbocycles. The van der Waals surface area contributed by atoms with Crippen LogP contribution in [0.3, 0.4) is 0 Å². The minimum Gasteiger partial charge on any atom is -0.393 e. The fraction of sp³-hybridized carbons (Fsp3) is 0.913. The molecule has 0 bridgehead atoms. The Morgan fingerprint density at radius 2 is 1.73 bits per heavy atom. The van der Waals surface area contributed by atoms with E-state index in [-0.39, 0.29) is 23.0 Å². The van der Waals surface area contributed by atoms with Gasteiger partial charge in [-0.15, -0.1) is 0 Å². The van der Waals surface area contributed by atoms with Gasteiger partial charge in [0.15, 0.2) is 5.79 Å². The van der Waals surface area contributed by atoms with Gasteiger partial charge in [0.25, 0.3) is 0 Å². The van der Waals surface area contributed by atoms with Gasteiger partial charge in [-0.3, -0.25) is 0 Å². The fourth-order valence-electron chi connectivity index (χ4n) is 7.01. The molecule has 0 amide bonds. The van der Waals surface area contributed by atoms with E-state index in [1.807, 2.05) is 13.8 Å². The number of hydrogen-bond acceptors (Lipinski definition) is 3. The maximum Gasteiger partial charge on any atom is 0.163 e. The van der Waals surface area contributed by atoms with Gasteiger partial charge in [0.05, 0.1) is 18.8 Å². The molecule has 3 aliphatic carbocycles. The first-order chi connectivity index (χ1) is 12.0. The van der Waals surface area contributed by atoms with Crippen LogP contribution in [0, 0.1) is 28.1 Å². The van der Waals surface area contributed by atoms with Crippen molar-refractivity contribution in [2.45, 2.75) is 98.1 Å². The number of hydrogen-bond donors (Lipinski definition) is 1. The molecule has 4 rings (SSSR count). The standard InChI is InChI=1S/C23H38O3/c1-20(2)17-8-7-15-13-22(5,19-14-25-21(3,4)26-19)11-9-16(15)23(17,6)12-10-18(20)24/h13,16-19,24H,7-12,14H2,1-6H3. The molecular formula is C23H38O3. The van der Waals surface area contributed by atoms with E-state index in [9.17, 15) is 5.11 Å². The summed E-state index contributed by atoms with van der Waals surface area (Å²) in [5, 5.41) is 10.6. The summed E-state index contributed by atoms with van der Waals surface area (Å²) in [6.45, 7) is 14.2. The van der Waals surface area contributed by atoms with Crippen molar-refractivity contribution in [3.8, 4) is 0 Å². The number of aliphatic hydroxyl groups excluding tert-OH is 1. The summed E-state index contributed by atoms with van der Waals surface area (Å²) in [4.78, 5) is 0. The third-order valence-corrected chi connectivity index (χ3v) is 8.71. The van der Waals surface area contributed by atoms with Crippen LogP contribution >= 0.6 is 0 Å². The lowest BCUT2D eigenvalue weighted by Gasteiger charge is -2.61. The zero-order valence-electron chi connectivity index (χ0n) is 17.6. The van der Waals surface area contributed by atoms with Crippen LogP contribution in [0.25, 0.3) is 0 Å². The lowest BCUT2D eigenvalue weighted by Crippen LogP contribution is -2.55. The van der Waals surface area contributed by atoms with Crippen LogP contribution in [-0.2, 0) is 9.47 Å². The van der Waals surface area contributed by atoms with E-state index >= 15 is 0 Å². The highest BCUT2D eigenvalue weighted by molar-refractivity contribution is 5.25. The minimum absolute atomic E-state index is 0.0334. The number of aliphatic hydroxyl groups is 1. The predicted octanol–water partition coefficient (Wildman–Crippen LogP) is 5.08. The molecule has 3 nitrogen and oxygen atoms in total. The molecule has 0 aromatic heterocycles. The first kappa shape index (κ1) is 19.0. The van der Waals surface area contributed by atoms with E-state index in [0.29, 0.717) is 23.9 Å². The average molecular weight is 363 g/mol. The smallest absolute Gasteiger partial charge is 0.163 e. The lowest BCUT2D eigenvalue weighted by atomic mass is 9.45. The Morgan fingerprint density at radius 3 is 2.38 bits per heavy atom. The van der Waals surface area contributed by atoms with Crippen molar-refractivity contribution in [3.63, 3.8) is 0 Å². The molecular weight excluding hydrogens is 324 g/mol. The SMILES string of the molecule is CC1(C)OCC(C2(C)C=C3CCC4C(C)(C)C(O)CCC4(C)C3CC2)O1. The molecule has 1 saturated heterocycles. The van der Waals surface area contributed by atoms with Crippen molar-refractivity contribution < 1.29 is 14.6 Å². The highest BCUT2D eigenvalue weighted by Crippen LogP contribution is 2.64. The number of ether oxygens (including phenoxy) is 2. The fourth-order valence-corrected chi connectivity index (χ4v) is 7.01. The zero-order valence-corrected chi connectivity index (χ0v) is 17.6. The molecule has 0 spiro atoms. The van der Waals surface area contributed by atoms with Crippen molar-refractivity contribution in [1.82, 2.24) is 0 Å². The van der Waals surface area contributed by atoms with Crippen LogP contribution in [-0.4, -0.2) is 29.7 Å². The van der Waals surface area contributed by atoms with Gasteiger partial charge in [0, 0.05) is 5.41 Å². The van der Waals surface area contributed by atoms with Gasteiger partial charge in [-0.25, -0.2) is 0 Å². The highest BCUT2D eigenvalue weighted by Gasteiger charge is 2.57. The van der Waals surface area contributed by atoms with Gasteiger partial charge < -0.3 is 14.6 Å². The third-order valence-electron chi connectivity index (χ3n) is 8.71. The first-order valence-electron chi connectivity index (χ1n) is 10.7. The largest absolute Gasteiger partial charge is 0.393 e.